The number of nitrogens with zero attached hydrogens (tertiary/aromatic N) is 2. The van der Waals surface area contributed by atoms with Crippen LogP contribution in [0.2, 0.25) is 0 Å². The van der Waals surface area contributed by atoms with Gasteiger partial charge in [0.2, 0.25) is 5.91 Å². The lowest BCUT2D eigenvalue weighted by atomic mass is 10.1. The first-order valence-corrected chi connectivity index (χ1v) is 9.08. The average molecular weight is 361 g/mol. The lowest BCUT2D eigenvalue weighted by molar-refractivity contribution is -0.121. The number of aryl methyl sites for hydroxylation is 2. The van der Waals surface area contributed by atoms with Gasteiger partial charge in [0, 0.05) is 24.6 Å². The zero-order valence-electron chi connectivity index (χ0n) is 15.4. The van der Waals surface area contributed by atoms with Crippen molar-refractivity contribution < 1.29 is 4.79 Å². The predicted octanol–water partition coefficient (Wildman–Crippen LogP) is 2.97. The van der Waals surface area contributed by atoms with Gasteiger partial charge in [0.05, 0.1) is 12.2 Å². The van der Waals surface area contributed by atoms with Crippen molar-refractivity contribution in [2.45, 2.75) is 26.3 Å². The van der Waals surface area contributed by atoms with E-state index in [1.54, 1.807) is 6.07 Å². The molecule has 27 heavy (non-hydrogen) atoms. The van der Waals surface area contributed by atoms with Gasteiger partial charge in [-0.25, -0.2) is 4.68 Å². The molecule has 0 saturated carbocycles. The van der Waals surface area contributed by atoms with Gasteiger partial charge in [-0.2, -0.15) is 5.10 Å². The predicted molar refractivity (Wildman–Crippen MR) is 106 cm³/mol. The van der Waals surface area contributed by atoms with Crippen LogP contribution in [0, 0.1) is 6.92 Å². The van der Waals surface area contributed by atoms with E-state index in [0.29, 0.717) is 6.54 Å². The number of carbonyl (C=O) groups is 1. The Balaban J connectivity index is 1.52. The van der Waals surface area contributed by atoms with E-state index in [4.69, 9.17) is 0 Å². The van der Waals surface area contributed by atoms with Gasteiger partial charge in [0.15, 0.2) is 0 Å². The van der Waals surface area contributed by atoms with Crippen molar-refractivity contribution >= 4 is 5.91 Å². The van der Waals surface area contributed by atoms with Crippen molar-refractivity contribution in [2.75, 3.05) is 6.54 Å². The smallest absolute Gasteiger partial charge is 0.266 e. The van der Waals surface area contributed by atoms with Crippen LogP contribution >= 0.6 is 0 Å². The molecule has 1 N–H and O–H groups in total. The fourth-order valence-corrected chi connectivity index (χ4v) is 2.77. The van der Waals surface area contributed by atoms with Crippen molar-refractivity contribution in [2.24, 2.45) is 0 Å². The number of benzene rings is 2. The molecule has 0 spiro atoms. The SMILES string of the molecule is Cc1ccc(CCNC(=O)CCn2nc(-c3ccccc3)ccc2=O)cc1. The van der Waals surface area contributed by atoms with Crippen molar-refractivity contribution in [1.29, 1.82) is 0 Å². The lowest BCUT2D eigenvalue weighted by Crippen LogP contribution is -2.29. The van der Waals surface area contributed by atoms with Crippen molar-refractivity contribution in [3.63, 3.8) is 0 Å². The van der Waals surface area contributed by atoms with Crippen LogP contribution in [0.1, 0.15) is 17.5 Å². The second kappa shape index (κ2) is 8.94. The fourth-order valence-electron chi connectivity index (χ4n) is 2.77. The molecule has 0 aliphatic rings. The number of hydrogen-bond acceptors (Lipinski definition) is 3. The summed E-state index contributed by atoms with van der Waals surface area (Å²) in [4.78, 5) is 24.1. The number of nitrogens with one attached hydrogen (secondary N) is 1. The summed E-state index contributed by atoms with van der Waals surface area (Å²) in [5.74, 6) is -0.0825. The minimum Gasteiger partial charge on any atom is -0.356 e. The highest BCUT2D eigenvalue weighted by molar-refractivity contribution is 5.75. The number of hydrogen-bond donors (Lipinski definition) is 1. The second-order valence-electron chi connectivity index (χ2n) is 6.48. The molecule has 0 unspecified atom stereocenters. The van der Waals surface area contributed by atoms with Gasteiger partial charge in [0.25, 0.3) is 5.56 Å². The van der Waals surface area contributed by atoms with Crippen molar-refractivity contribution in [3.05, 3.63) is 88.2 Å². The van der Waals surface area contributed by atoms with Gasteiger partial charge in [-0.15, -0.1) is 0 Å². The highest BCUT2D eigenvalue weighted by Gasteiger charge is 2.06. The van der Waals surface area contributed by atoms with E-state index in [1.807, 2.05) is 37.3 Å². The maximum absolute atomic E-state index is 12.1. The molecule has 2 aromatic carbocycles. The molecule has 0 fully saturated rings. The molecule has 1 amide bonds. The Kier molecular flexibility index (Phi) is 6.15. The third-order valence-electron chi connectivity index (χ3n) is 4.34. The van der Waals surface area contributed by atoms with Gasteiger partial charge in [0.1, 0.15) is 0 Å². The van der Waals surface area contributed by atoms with Gasteiger partial charge >= 0.3 is 0 Å². The molecule has 0 aliphatic carbocycles. The minimum absolute atomic E-state index is 0.0825. The molecule has 0 saturated heterocycles. The van der Waals surface area contributed by atoms with E-state index < -0.39 is 0 Å². The van der Waals surface area contributed by atoms with Gasteiger partial charge < -0.3 is 5.32 Å². The first-order valence-electron chi connectivity index (χ1n) is 9.08. The van der Waals surface area contributed by atoms with Crippen LogP contribution in [0.25, 0.3) is 11.3 Å². The maximum Gasteiger partial charge on any atom is 0.266 e. The summed E-state index contributed by atoms with van der Waals surface area (Å²) >= 11 is 0. The second-order valence-corrected chi connectivity index (χ2v) is 6.48. The van der Waals surface area contributed by atoms with Crippen LogP contribution in [-0.2, 0) is 17.8 Å². The average Bonchev–Trinajstić information content (AvgIpc) is 2.69. The fraction of sp³-hybridized carbons (Fsp3) is 0.227. The Morgan fingerprint density at radius 3 is 2.48 bits per heavy atom. The summed E-state index contributed by atoms with van der Waals surface area (Å²) in [5.41, 5.74) is 3.86. The first kappa shape index (κ1) is 18.6. The summed E-state index contributed by atoms with van der Waals surface area (Å²) in [6.07, 6.45) is 1.01. The normalized spacial score (nSPS) is 10.6. The standard InChI is InChI=1S/C22H23N3O2/c1-17-7-9-18(10-8-17)13-15-23-21(26)14-16-25-22(27)12-11-20(24-25)19-5-3-2-4-6-19/h2-12H,13-16H2,1H3,(H,23,26). The highest BCUT2D eigenvalue weighted by atomic mass is 16.2. The third-order valence-corrected chi connectivity index (χ3v) is 4.34. The zero-order valence-corrected chi connectivity index (χ0v) is 15.4. The van der Waals surface area contributed by atoms with Gasteiger partial charge in [-0.1, -0.05) is 60.2 Å². The molecule has 138 valence electrons. The molecule has 0 bridgehead atoms. The molecular formula is C22H23N3O2. The van der Waals surface area contributed by atoms with Crippen LogP contribution in [0.4, 0.5) is 0 Å². The molecule has 5 heteroatoms. The summed E-state index contributed by atoms with van der Waals surface area (Å²) in [6, 6.07) is 21.1. The number of carbonyl (C=O) groups excluding carboxylic acids is 1. The van der Waals surface area contributed by atoms with E-state index in [0.717, 1.165) is 17.7 Å². The number of aromatic nitrogens is 2. The van der Waals surface area contributed by atoms with E-state index >= 15 is 0 Å². The number of rotatable bonds is 7. The lowest BCUT2D eigenvalue weighted by Gasteiger charge is -2.08. The van der Waals surface area contributed by atoms with Crippen LogP contribution in [-0.4, -0.2) is 22.2 Å². The van der Waals surface area contributed by atoms with E-state index in [2.05, 4.69) is 34.7 Å². The van der Waals surface area contributed by atoms with Crippen LogP contribution in [0.3, 0.4) is 0 Å². The summed E-state index contributed by atoms with van der Waals surface area (Å²) in [7, 11) is 0. The third kappa shape index (κ3) is 5.38. The first-order chi connectivity index (χ1) is 13.1. The van der Waals surface area contributed by atoms with E-state index in [-0.39, 0.29) is 24.4 Å². The van der Waals surface area contributed by atoms with Gasteiger partial charge in [-0.05, 0) is 25.0 Å². The largest absolute Gasteiger partial charge is 0.356 e. The Labute approximate surface area is 158 Å². The van der Waals surface area contributed by atoms with E-state index in [9.17, 15) is 9.59 Å². The molecule has 0 atom stereocenters. The molecular weight excluding hydrogens is 338 g/mol. The Hall–Kier alpha value is -3.21. The summed E-state index contributed by atoms with van der Waals surface area (Å²) in [6.45, 7) is 2.89. The minimum atomic E-state index is -0.206. The van der Waals surface area contributed by atoms with Crippen molar-refractivity contribution in [3.8, 4) is 11.3 Å². The molecule has 0 aliphatic heterocycles. The molecule has 3 aromatic rings. The van der Waals surface area contributed by atoms with Crippen LogP contribution in [0.5, 0.6) is 0 Å². The monoisotopic (exact) mass is 361 g/mol. The molecule has 0 radical (unpaired) electrons. The van der Waals surface area contributed by atoms with Gasteiger partial charge in [-0.3, -0.25) is 9.59 Å². The Bertz CT molecular complexity index is 947. The molecule has 5 nitrogen and oxygen atoms in total. The Morgan fingerprint density at radius 2 is 1.74 bits per heavy atom. The van der Waals surface area contributed by atoms with Crippen LogP contribution in [0.15, 0.2) is 71.5 Å². The van der Waals surface area contributed by atoms with Crippen molar-refractivity contribution in [1.82, 2.24) is 15.1 Å². The number of amides is 1. The molecule has 3 rings (SSSR count). The molecule has 1 aromatic heterocycles. The Morgan fingerprint density at radius 1 is 1.00 bits per heavy atom. The summed E-state index contributed by atoms with van der Waals surface area (Å²) in [5, 5.41) is 7.27. The zero-order chi connectivity index (χ0) is 19.1. The topological polar surface area (TPSA) is 64.0 Å². The van der Waals surface area contributed by atoms with Crippen LogP contribution < -0.4 is 10.9 Å². The van der Waals surface area contributed by atoms with E-state index in [1.165, 1.54) is 21.9 Å². The quantitative estimate of drug-likeness (QED) is 0.704. The maximum atomic E-state index is 12.1. The molecule has 1 heterocycles. The highest BCUT2D eigenvalue weighted by Crippen LogP contribution is 2.14. The summed E-state index contributed by atoms with van der Waals surface area (Å²) < 4.78 is 1.35.